The van der Waals surface area contributed by atoms with Gasteiger partial charge < -0.3 is 11.1 Å². The van der Waals surface area contributed by atoms with E-state index in [1.807, 2.05) is 0 Å². The summed E-state index contributed by atoms with van der Waals surface area (Å²) in [5.74, 6) is 0.0599. The van der Waals surface area contributed by atoms with E-state index < -0.39 is 0 Å². The molecule has 0 saturated carbocycles. The molecule has 1 saturated heterocycles. The van der Waals surface area contributed by atoms with Crippen molar-refractivity contribution in [3.8, 4) is 0 Å². The van der Waals surface area contributed by atoms with Gasteiger partial charge in [0.1, 0.15) is 0 Å². The van der Waals surface area contributed by atoms with Crippen molar-refractivity contribution in [2.24, 2.45) is 5.73 Å². The summed E-state index contributed by atoms with van der Waals surface area (Å²) >= 11 is 0. The summed E-state index contributed by atoms with van der Waals surface area (Å²) in [6.45, 7) is 4.13. The highest BCUT2D eigenvalue weighted by molar-refractivity contribution is 5.78. The van der Waals surface area contributed by atoms with Crippen LogP contribution in [0.4, 0.5) is 0 Å². The van der Waals surface area contributed by atoms with Crippen molar-refractivity contribution in [2.75, 3.05) is 0 Å². The van der Waals surface area contributed by atoms with Gasteiger partial charge in [0.25, 0.3) is 0 Å². The van der Waals surface area contributed by atoms with Crippen molar-refractivity contribution in [3.05, 3.63) is 34.9 Å². The Morgan fingerprint density at radius 2 is 2.12 bits per heavy atom. The van der Waals surface area contributed by atoms with Gasteiger partial charge in [-0.05, 0) is 31.4 Å². The molecule has 0 radical (unpaired) electrons. The Kier molecular flexibility index (Phi) is 2.97. The van der Waals surface area contributed by atoms with Crippen molar-refractivity contribution < 1.29 is 4.79 Å². The summed E-state index contributed by atoms with van der Waals surface area (Å²) in [6.07, 6.45) is 1.28. The lowest BCUT2D eigenvalue weighted by Gasteiger charge is -2.29. The number of amides is 1. The largest absolute Gasteiger partial charge is 0.349 e. The minimum absolute atomic E-state index is 0.0151. The molecule has 0 aliphatic carbocycles. The van der Waals surface area contributed by atoms with Crippen LogP contribution in [0.1, 0.15) is 35.6 Å². The first kappa shape index (κ1) is 11.1. The Morgan fingerprint density at radius 1 is 1.38 bits per heavy atom. The maximum atomic E-state index is 11.5. The summed E-state index contributed by atoms with van der Waals surface area (Å²) < 4.78 is 0. The van der Waals surface area contributed by atoms with Gasteiger partial charge in [-0.15, -0.1) is 0 Å². The molecule has 1 aliphatic rings. The lowest BCUT2D eigenvalue weighted by Crippen LogP contribution is -2.42. The second-order valence-electron chi connectivity index (χ2n) is 4.68. The van der Waals surface area contributed by atoms with Gasteiger partial charge in [-0.1, -0.05) is 23.8 Å². The van der Waals surface area contributed by atoms with Crippen molar-refractivity contribution in [1.29, 1.82) is 0 Å². The third-order valence-corrected chi connectivity index (χ3v) is 3.13. The fourth-order valence-electron chi connectivity index (χ4n) is 2.28. The Morgan fingerprint density at radius 3 is 2.81 bits per heavy atom. The van der Waals surface area contributed by atoms with Crippen LogP contribution in [-0.4, -0.2) is 11.9 Å². The Hall–Kier alpha value is -1.35. The fourth-order valence-corrected chi connectivity index (χ4v) is 2.28. The van der Waals surface area contributed by atoms with E-state index in [1.165, 1.54) is 16.7 Å². The molecule has 3 nitrogen and oxygen atoms in total. The van der Waals surface area contributed by atoms with Crippen LogP contribution in [0, 0.1) is 13.8 Å². The maximum Gasteiger partial charge on any atom is 0.222 e. The molecule has 1 fully saturated rings. The number of nitrogens with one attached hydrogen (secondary N) is 1. The number of carbonyl (C=O) groups excluding carboxylic acids is 1. The van der Waals surface area contributed by atoms with E-state index in [1.54, 1.807) is 0 Å². The maximum absolute atomic E-state index is 11.5. The topological polar surface area (TPSA) is 55.1 Å². The Bertz CT molecular complexity index is 414. The van der Waals surface area contributed by atoms with Gasteiger partial charge in [0.15, 0.2) is 0 Å². The number of carbonyl (C=O) groups is 1. The standard InChI is InChI=1S/C13H18N2O/c1-8-3-4-9(2)11(5-8)12-6-10(14)7-13(16)15-12/h3-5,10,12H,6-7,14H2,1-2H3,(H,15,16). The van der Waals surface area contributed by atoms with E-state index >= 15 is 0 Å². The number of hydrogen-bond donors (Lipinski definition) is 2. The zero-order valence-corrected chi connectivity index (χ0v) is 9.79. The molecule has 2 rings (SSSR count). The van der Waals surface area contributed by atoms with E-state index in [0.717, 1.165) is 6.42 Å². The molecule has 3 N–H and O–H groups in total. The highest BCUT2D eigenvalue weighted by Crippen LogP contribution is 2.26. The normalized spacial score (nSPS) is 25.3. The lowest BCUT2D eigenvalue weighted by atomic mass is 9.90. The molecule has 86 valence electrons. The van der Waals surface area contributed by atoms with Crippen LogP contribution in [0.2, 0.25) is 0 Å². The van der Waals surface area contributed by atoms with Gasteiger partial charge in [0, 0.05) is 12.5 Å². The first-order chi connectivity index (χ1) is 7.56. The van der Waals surface area contributed by atoms with Gasteiger partial charge in [-0.25, -0.2) is 0 Å². The zero-order chi connectivity index (χ0) is 11.7. The van der Waals surface area contributed by atoms with Crippen LogP contribution in [-0.2, 0) is 4.79 Å². The van der Waals surface area contributed by atoms with Crippen LogP contribution in [0.3, 0.4) is 0 Å². The summed E-state index contributed by atoms with van der Waals surface area (Å²) in [7, 11) is 0. The molecule has 0 spiro atoms. The average Bonchev–Trinajstić information content (AvgIpc) is 2.20. The molecule has 1 heterocycles. The average molecular weight is 218 g/mol. The number of rotatable bonds is 1. The zero-order valence-electron chi connectivity index (χ0n) is 9.79. The second kappa shape index (κ2) is 4.26. The van der Waals surface area contributed by atoms with E-state index in [4.69, 9.17) is 5.73 Å². The Labute approximate surface area is 96.0 Å². The summed E-state index contributed by atoms with van der Waals surface area (Å²) in [4.78, 5) is 11.5. The van der Waals surface area contributed by atoms with E-state index in [0.29, 0.717) is 6.42 Å². The minimum Gasteiger partial charge on any atom is -0.349 e. The van der Waals surface area contributed by atoms with Gasteiger partial charge in [0.05, 0.1) is 6.04 Å². The molecule has 16 heavy (non-hydrogen) atoms. The molecular weight excluding hydrogens is 200 g/mol. The molecule has 1 aromatic rings. The molecule has 3 heteroatoms. The van der Waals surface area contributed by atoms with Crippen molar-refractivity contribution in [1.82, 2.24) is 5.32 Å². The van der Waals surface area contributed by atoms with Crippen molar-refractivity contribution in [3.63, 3.8) is 0 Å². The molecule has 1 aromatic carbocycles. The first-order valence-corrected chi connectivity index (χ1v) is 5.68. The quantitative estimate of drug-likeness (QED) is 0.752. The molecular formula is C13H18N2O. The van der Waals surface area contributed by atoms with Gasteiger partial charge in [0.2, 0.25) is 5.91 Å². The molecule has 1 amide bonds. The second-order valence-corrected chi connectivity index (χ2v) is 4.68. The van der Waals surface area contributed by atoms with Gasteiger partial charge in [-0.3, -0.25) is 4.79 Å². The monoisotopic (exact) mass is 218 g/mol. The number of aryl methyl sites for hydroxylation is 2. The molecule has 2 unspecified atom stereocenters. The van der Waals surface area contributed by atoms with Crippen LogP contribution >= 0.6 is 0 Å². The van der Waals surface area contributed by atoms with Crippen LogP contribution in [0.25, 0.3) is 0 Å². The van der Waals surface area contributed by atoms with Gasteiger partial charge in [-0.2, -0.15) is 0 Å². The third kappa shape index (κ3) is 2.25. The Balaban J connectivity index is 2.29. The van der Waals surface area contributed by atoms with Crippen LogP contribution < -0.4 is 11.1 Å². The minimum atomic E-state index is -0.0151. The van der Waals surface area contributed by atoms with Crippen LogP contribution in [0.5, 0.6) is 0 Å². The summed E-state index contributed by atoms with van der Waals surface area (Å²) in [5.41, 5.74) is 9.51. The molecule has 0 bridgehead atoms. The highest BCUT2D eigenvalue weighted by atomic mass is 16.1. The highest BCUT2D eigenvalue weighted by Gasteiger charge is 2.25. The van der Waals surface area contributed by atoms with Crippen molar-refractivity contribution in [2.45, 2.75) is 38.8 Å². The summed E-state index contributed by atoms with van der Waals surface area (Å²) in [5, 5.41) is 3.01. The van der Waals surface area contributed by atoms with E-state index in [2.05, 4.69) is 37.4 Å². The fraction of sp³-hybridized carbons (Fsp3) is 0.462. The number of nitrogens with two attached hydrogens (primary N) is 1. The summed E-state index contributed by atoms with van der Waals surface area (Å²) in [6, 6.07) is 6.38. The molecule has 2 atom stereocenters. The van der Waals surface area contributed by atoms with Crippen molar-refractivity contribution >= 4 is 5.91 Å². The first-order valence-electron chi connectivity index (χ1n) is 5.68. The van der Waals surface area contributed by atoms with Gasteiger partial charge >= 0.3 is 0 Å². The SMILES string of the molecule is Cc1ccc(C)c(C2CC(N)CC(=O)N2)c1. The lowest BCUT2D eigenvalue weighted by molar-refractivity contribution is -0.123. The van der Waals surface area contributed by atoms with E-state index in [-0.39, 0.29) is 18.0 Å². The number of benzene rings is 1. The number of piperidine rings is 1. The molecule has 0 aromatic heterocycles. The van der Waals surface area contributed by atoms with Crippen LogP contribution in [0.15, 0.2) is 18.2 Å². The molecule has 1 aliphatic heterocycles. The third-order valence-electron chi connectivity index (χ3n) is 3.13. The smallest absolute Gasteiger partial charge is 0.222 e. The predicted molar refractivity (Wildman–Crippen MR) is 64.0 cm³/mol. The van der Waals surface area contributed by atoms with E-state index in [9.17, 15) is 4.79 Å². The predicted octanol–water partition coefficient (Wildman–Crippen LogP) is 1.58. The number of hydrogen-bond acceptors (Lipinski definition) is 2.